The number of nitrogens with zero attached hydrogens (tertiary/aromatic N) is 1. The summed E-state index contributed by atoms with van der Waals surface area (Å²) in [6.07, 6.45) is 8.52. The number of carbonyl (C=O) groups is 1. The van der Waals surface area contributed by atoms with Crippen LogP contribution >= 0.6 is 0 Å². The van der Waals surface area contributed by atoms with E-state index in [1.165, 1.54) is 38.5 Å². The zero-order valence-electron chi connectivity index (χ0n) is 13.2. The molecule has 2 saturated heterocycles. The molecule has 2 aliphatic heterocycles. The van der Waals surface area contributed by atoms with Crippen LogP contribution in [0.4, 0.5) is 0 Å². The van der Waals surface area contributed by atoms with Gasteiger partial charge in [0.25, 0.3) is 0 Å². The van der Waals surface area contributed by atoms with Gasteiger partial charge in [0.1, 0.15) is 0 Å². The third-order valence-corrected chi connectivity index (χ3v) is 6.07. The molecule has 1 saturated carbocycles. The van der Waals surface area contributed by atoms with Gasteiger partial charge in [0.05, 0.1) is 0 Å². The Labute approximate surface area is 123 Å². The quantitative estimate of drug-likeness (QED) is 0.842. The van der Waals surface area contributed by atoms with Crippen LogP contribution in [0.3, 0.4) is 0 Å². The summed E-state index contributed by atoms with van der Waals surface area (Å²) >= 11 is 0. The van der Waals surface area contributed by atoms with Crippen molar-refractivity contribution < 1.29 is 4.79 Å². The second kappa shape index (κ2) is 5.67. The molecule has 3 aliphatic rings. The van der Waals surface area contributed by atoms with Crippen LogP contribution in [-0.4, -0.2) is 36.5 Å². The predicted molar refractivity (Wildman–Crippen MR) is 81.5 cm³/mol. The van der Waals surface area contributed by atoms with Gasteiger partial charge in [-0.1, -0.05) is 20.3 Å². The molecular formula is C17H30N2O. The molecule has 0 radical (unpaired) electrons. The first kappa shape index (κ1) is 14.4. The first-order valence-corrected chi connectivity index (χ1v) is 8.61. The van der Waals surface area contributed by atoms with Crippen molar-refractivity contribution in [3.8, 4) is 0 Å². The molecule has 2 heterocycles. The maximum absolute atomic E-state index is 13.0. The summed E-state index contributed by atoms with van der Waals surface area (Å²) in [6, 6.07) is 0.543. The average molecular weight is 278 g/mol. The molecule has 3 rings (SSSR count). The minimum Gasteiger partial charge on any atom is -0.339 e. The standard InChI is InChI=1S/C17H30N2O/c1-17(2)9-3-5-14(17)16(20)19-12-4-6-15(19)13-7-10-18-11-8-13/h13-15,18H,3-12H2,1-2H3. The number of piperidine rings is 1. The van der Waals surface area contributed by atoms with Crippen molar-refractivity contribution in [1.82, 2.24) is 10.2 Å². The summed E-state index contributed by atoms with van der Waals surface area (Å²) in [6.45, 7) is 7.87. The molecule has 20 heavy (non-hydrogen) atoms. The van der Waals surface area contributed by atoms with Crippen LogP contribution in [0.1, 0.15) is 58.8 Å². The highest BCUT2D eigenvalue weighted by Crippen LogP contribution is 2.44. The largest absolute Gasteiger partial charge is 0.339 e. The Morgan fingerprint density at radius 2 is 1.85 bits per heavy atom. The first-order valence-electron chi connectivity index (χ1n) is 8.61. The fraction of sp³-hybridized carbons (Fsp3) is 0.941. The van der Waals surface area contributed by atoms with Crippen LogP contribution in [0.25, 0.3) is 0 Å². The zero-order chi connectivity index (χ0) is 14.2. The predicted octanol–water partition coefficient (Wildman–Crippen LogP) is 2.80. The van der Waals surface area contributed by atoms with E-state index >= 15 is 0 Å². The minimum absolute atomic E-state index is 0.221. The summed E-state index contributed by atoms with van der Waals surface area (Å²) < 4.78 is 0. The number of likely N-dealkylation sites (tertiary alicyclic amines) is 1. The van der Waals surface area contributed by atoms with Gasteiger partial charge in [0.2, 0.25) is 5.91 Å². The lowest BCUT2D eigenvalue weighted by molar-refractivity contribution is -0.140. The number of hydrogen-bond donors (Lipinski definition) is 1. The normalized spacial score (nSPS) is 34.6. The molecule has 1 aliphatic carbocycles. The number of nitrogens with one attached hydrogen (secondary N) is 1. The lowest BCUT2D eigenvalue weighted by Crippen LogP contribution is -2.47. The van der Waals surface area contributed by atoms with Crippen LogP contribution in [0.15, 0.2) is 0 Å². The summed E-state index contributed by atoms with van der Waals surface area (Å²) in [5.74, 6) is 1.51. The van der Waals surface area contributed by atoms with Gasteiger partial charge >= 0.3 is 0 Å². The maximum Gasteiger partial charge on any atom is 0.226 e. The van der Waals surface area contributed by atoms with Gasteiger partial charge in [0, 0.05) is 18.5 Å². The highest BCUT2D eigenvalue weighted by atomic mass is 16.2. The molecular weight excluding hydrogens is 248 g/mol. The van der Waals surface area contributed by atoms with Crippen molar-refractivity contribution in [2.45, 2.75) is 64.8 Å². The average Bonchev–Trinajstić information content (AvgIpc) is 3.05. The van der Waals surface area contributed by atoms with E-state index in [0.29, 0.717) is 11.9 Å². The highest BCUT2D eigenvalue weighted by molar-refractivity contribution is 5.80. The molecule has 114 valence electrons. The van der Waals surface area contributed by atoms with Gasteiger partial charge in [-0.05, 0) is 62.9 Å². The molecule has 1 amide bonds. The molecule has 1 N–H and O–H groups in total. The highest BCUT2D eigenvalue weighted by Gasteiger charge is 2.44. The van der Waals surface area contributed by atoms with Crippen molar-refractivity contribution >= 4 is 5.91 Å². The second-order valence-electron chi connectivity index (χ2n) is 7.76. The van der Waals surface area contributed by atoms with Crippen molar-refractivity contribution in [3.63, 3.8) is 0 Å². The van der Waals surface area contributed by atoms with Crippen LogP contribution in [0.5, 0.6) is 0 Å². The van der Waals surface area contributed by atoms with Crippen LogP contribution in [-0.2, 0) is 4.79 Å². The number of amides is 1. The maximum atomic E-state index is 13.0. The van der Waals surface area contributed by atoms with Gasteiger partial charge in [0.15, 0.2) is 0 Å². The molecule has 0 aromatic carbocycles. The Balaban J connectivity index is 1.70. The van der Waals surface area contributed by atoms with Gasteiger partial charge < -0.3 is 10.2 Å². The molecule has 3 heteroatoms. The topological polar surface area (TPSA) is 32.3 Å². The lowest BCUT2D eigenvalue weighted by atomic mass is 9.80. The van der Waals surface area contributed by atoms with Crippen LogP contribution in [0.2, 0.25) is 0 Å². The molecule has 2 atom stereocenters. The fourth-order valence-electron chi connectivity index (χ4n) is 4.77. The Morgan fingerprint density at radius 1 is 1.10 bits per heavy atom. The van der Waals surface area contributed by atoms with Crippen molar-refractivity contribution in [2.24, 2.45) is 17.3 Å². The van der Waals surface area contributed by atoms with E-state index in [-0.39, 0.29) is 11.3 Å². The molecule has 0 aromatic heterocycles. The van der Waals surface area contributed by atoms with E-state index < -0.39 is 0 Å². The van der Waals surface area contributed by atoms with Gasteiger partial charge in [-0.15, -0.1) is 0 Å². The first-order chi connectivity index (χ1) is 9.59. The van der Waals surface area contributed by atoms with Crippen LogP contribution in [0, 0.1) is 17.3 Å². The SMILES string of the molecule is CC1(C)CCCC1C(=O)N1CCCC1C1CCNCC1. The molecule has 0 bridgehead atoms. The summed E-state index contributed by atoms with van der Waals surface area (Å²) in [5, 5.41) is 3.45. The Hall–Kier alpha value is -0.570. The van der Waals surface area contributed by atoms with Crippen molar-refractivity contribution in [3.05, 3.63) is 0 Å². The summed E-state index contributed by atoms with van der Waals surface area (Å²) in [4.78, 5) is 15.3. The number of carbonyl (C=O) groups excluding carboxylic acids is 1. The molecule has 0 spiro atoms. The van der Waals surface area contributed by atoms with E-state index in [2.05, 4.69) is 24.1 Å². The Kier molecular flexibility index (Phi) is 4.07. The van der Waals surface area contributed by atoms with Crippen molar-refractivity contribution in [2.75, 3.05) is 19.6 Å². The Bertz CT molecular complexity index is 360. The minimum atomic E-state index is 0.221. The molecule has 2 unspecified atom stereocenters. The molecule has 3 nitrogen and oxygen atoms in total. The van der Waals surface area contributed by atoms with Crippen molar-refractivity contribution in [1.29, 1.82) is 0 Å². The van der Waals surface area contributed by atoms with Gasteiger partial charge in [-0.25, -0.2) is 0 Å². The number of hydrogen-bond acceptors (Lipinski definition) is 2. The molecule has 3 fully saturated rings. The monoisotopic (exact) mass is 278 g/mol. The van der Waals surface area contributed by atoms with E-state index in [4.69, 9.17) is 0 Å². The molecule has 0 aromatic rings. The third-order valence-electron chi connectivity index (χ3n) is 6.07. The van der Waals surface area contributed by atoms with E-state index in [9.17, 15) is 4.79 Å². The Morgan fingerprint density at radius 3 is 2.50 bits per heavy atom. The van der Waals surface area contributed by atoms with Crippen LogP contribution < -0.4 is 5.32 Å². The lowest BCUT2D eigenvalue weighted by Gasteiger charge is -2.38. The van der Waals surface area contributed by atoms with Gasteiger partial charge in [-0.3, -0.25) is 4.79 Å². The summed E-state index contributed by atoms with van der Waals surface area (Å²) in [7, 11) is 0. The van der Waals surface area contributed by atoms with E-state index in [1.807, 2.05) is 0 Å². The van der Waals surface area contributed by atoms with E-state index in [0.717, 1.165) is 32.0 Å². The number of rotatable bonds is 2. The zero-order valence-corrected chi connectivity index (χ0v) is 13.2. The smallest absolute Gasteiger partial charge is 0.226 e. The van der Waals surface area contributed by atoms with E-state index in [1.54, 1.807) is 0 Å². The van der Waals surface area contributed by atoms with Gasteiger partial charge in [-0.2, -0.15) is 0 Å². The third kappa shape index (κ3) is 2.61. The second-order valence-corrected chi connectivity index (χ2v) is 7.76. The summed E-state index contributed by atoms with van der Waals surface area (Å²) in [5.41, 5.74) is 0.221. The fourth-order valence-corrected chi connectivity index (χ4v) is 4.77.